The van der Waals surface area contributed by atoms with Crippen LogP contribution in [0.25, 0.3) is 10.4 Å². The van der Waals surface area contributed by atoms with Gasteiger partial charge in [0, 0.05) is 21.5 Å². The van der Waals surface area contributed by atoms with Crippen molar-refractivity contribution in [2.24, 2.45) is 0 Å². The van der Waals surface area contributed by atoms with Crippen molar-refractivity contribution in [3.63, 3.8) is 0 Å². The Hall–Kier alpha value is -1.72. The zero-order valence-electron chi connectivity index (χ0n) is 9.54. The van der Waals surface area contributed by atoms with Gasteiger partial charge in [0.1, 0.15) is 0 Å². The maximum Gasteiger partial charge on any atom is 0.0946 e. The molecular weight excluding hydrogens is 262 g/mol. The molecule has 0 atom stereocenters. The first-order valence-corrected chi connectivity index (χ1v) is 7.28. The molecule has 3 aromatic rings. The molecule has 0 radical (unpaired) electrons. The van der Waals surface area contributed by atoms with Gasteiger partial charge in [0.2, 0.25) is 0 Å². The van der Waals surface area contributed by atoms with Crippen LogP contribution in [0.4, 0.5) is 5.69 Å². The molecule has 0 amide bonds. The smallest absolute Gasteiger partial charge is 0.0946 e. The fraction of sp³-hybridized carbons (Fsp3) is 0.0769. The van der Waals surface area contributed by atoms with Crippen LogP contribution in [0.15, 0.2) is 47.2 Å². The number of thiophene rings is 1. The first kappa shape index (κ1) is 11.4. The van der Waals surface area contributed by atoms with Gasteiger partial charge >= 0.3 is 0 Å². The van der Waals surface area contributed by atoms with Gasteiger partial charge in [-0.1, -0.05) is 28.8 Å². The molecule has 2 heterocycles. The SMILES string of the molecule is c1csc(-c2ccccc2NCc2csnn2)c1. The third kappa shape index (κ3) is 2.42. The second-order valence-corrected chi connectivity index (χ2v) is 5.33. The van der Waals surface area contributed by atoms with Gasteiger partial charge in [0.05, 0.1) is 12.2 Å². The predicted molar refractivity (Wildman–Crippen MR) is 77.0 cm³/mol. The molecule has 2 aromatic heterocycles. The summed E-state index contributed by atoms with van der Waals surface area (Å²) in [5, 5.41) is 11.5. The molecule has 0 aliphatic carbocycles. The minimum Gasteiger partial charge on any atom is -0.379 e. The van der Waals surface area contributed by atoms with Crippen LogP contribution in [0.1, 0.15) is 5.69 Å². The molecule has 0 saturated carbocycles. The van der Waals surface area contributed by atoms with Gasteiger partial charge in [-0.2, -0.15) is 0 Å². The highest BCUT2D eigenvalue weighted by Gasteiger charge is 2.05. The summed E-state index contributed by atoms with van der Waals surface area (Å²) in [5.41, 5.74) is 3.34. The average molecular weight is 273 g/mol. The molecule has 5 heteroatoms. The highest BCUT2D eigenvalue weighted by Crippen LogP contribution is 2.31. The van der Waals surface area contributed by atoms with E-state index < -0.39 is 0 Å². The molecule has 0 saturated heterocycles. The molecule has 0 fully saturated rings. The number of anilines is 1. The minimum absolute atomic E-state index is 0.707. The van der Waals surface area contributed by atoms with E-state index in [1.54, 1.807) is 11.3 Å². The maximum absolute atomic E-state index is 4.03. The number of rotatable bonds is 4. The highest BCUT2D eigenvalue weighted by atomic mass is 32.1. The van der Waals surface area contributed by atoms with Crippen molar-refractivity contribution in [1.82, 2.24) is 9.59 Å². The van der Waals surface area contributed by atoms with E-state index in [1.807, 2.05) is 11.4 Å². The summed E-state index contributed by atoms with van der Waals surface area (Å²) in [6.07, 6.45) is 0. The van der Waals surface area contributed by atoms with Crippen LogP contribution in [0.5, 0.6) is 0 Å². The summed E-state index contributed by atoms with van der Waals surface area (Å²) >= 11 is 3.13. The number of nitrogens with zero attached hydrogens (tertiary/aromatic N) is 2. The highest BCUT2D eigenvalue weighted by molar-refractivity contribution is 7.13. The van der Waals surface area contributed by atoms with Crippen LogP contribution in [0.2, 0.25) is 0 Å². The standard InChI is InChI=1S/C13H11N3S2/c1-2-5-12(14-8-10-9-18-16-15-10)11(4-1)13-6-3-7-17-13/h1-7,9,14H,8H2. The van der Waals surface area contributed by atoms with Crippen LogP contribution >= 0.6 is 22.9 Å². The predicted octanol–water partition coefficient (Wildman–Crippen LogP) is 3.88. The van der Waals surface area contributed by atoms with Crippen molar-refractivity contribution < 1.29 is 0 Å². The van der Waals surface area contributed by atoms with Gasteiger partial charge < -0.3 is 5.32 Å². The molecule has 1 aromatic carbocycles. The lowest BCUT2D eigenvalue weighted by atomic mass is 10.1. The van der Waals surface area contributed by atoms with Gasteiger partial charge in [0.15, 0.2) is 0 Å². The fourth-order valence-electron chi connectivity index (χ4n) is 1.73. The van der Waals surface area contributed by atoms with Crippen molar-refractivity contribution in [1.29, 1.82) is 0 Å². The Morgan fingerprint density at radius 1 is 1.11 bits per heavy atom. The first-order valence-electron chi connectivity index (χ1n) is 5.56. The molecule has 90 valence electrons. The first-order chi connectivity index (χ1) is 8.93. The Morgan fingerprint density at radius 3 is 2.83 bits per heavy atom. The van der Waals surface area contributed by atoms with Crippen LogP contribution in [-0.2, 0) is 6.54 Å². The summed E-state index contributed by atoms with van der Waals surface area (Å²) in [6.45, 7) is 0.707. The largest absolute Gasteiger partial charge is 0.379 e. The van der Waals surface area contributed by atoms with E-state index in [0.29, 0.717) is 6.54 Å². The minimum atomic E-state index is 0.707. The third-order valence-electron chi connectivity index (χ3n) is 2.58. The summed E-state index contributed by atoms with van der Waals surface area (Å²) in [5.74, 6) is 0. The van der Waals surface area contributed by atoms with Crippen molar-refractivity contribution >= 4 is 28.6 Å². The lowest BCUT2D eigenvalue weighted by Crippen LogP contribution is -2.00. The van der Waals surface area contributed by atoms with Crippen molar-refractivity contribution in [3.05, 3.63) is 52.9 Å². The summed E-state index contributed by atoms with van der Waals surface area (Å²) in [6, 6.07) is 12.5. The van der Waals surface area contributed by atoms with Crippen LogP contribution in [0, 0.1) is 0 Å². The van der Waals surface area contributed by atoms with Crippen LogP contribution < -0.4 is 5.32 Å². The second-order valence-electron chi connectivity index (χ2n) is 3.77. The molecule has 0 unspecified atom stereocenters. The Labute approximate surface area is 113 Å². The molecular formula is C13H11N3S2. The number of benzene rings is 1. The van der Waals surface area contributed by atoms with Crippen LogP contribution in [-0.4, -0.2) is 9.59 Å². The molecule has 1 N–H and O–H groups in total. The summed E-state index contributed by atoms with van der Waals surface area (Å²) in [4.78, 5) is 1.27. The van der Waals surface area contributed by atoms with E-state index in [-0.39, 0.29) is 0 Å². The Balaban J connectivity index is 1.84. The molecule has 0 bridgehead atoms. The van der Waals surface area contributed by atoms with Crippen LogP contribution in [0.3, 0.4) is 0 Å². The molecule has 18 heavy (non-hydrogen) atoms. The topological polar surface area (TPSA) is 37.8 Å². The van der Waals surface area contributed by atoms with Gasteiger partial charge in [-0.25, -0.2) is 0 Å². The van der Waals surface area contributed by atoms with Crippen molar-refractivity contribution in [2.75, 3.05) is 5.32 Å². The van der Waals surface area contributed by atoms with Gasteiger partial charge in [-0.05, 0) is 29.0 Å². The number of hydrogen-bond donors (Lipinski definition) is 1. The summed E-state index contributed by atoms with van der Waals surface area (Å²) in [7, 11) is 0. The Bertz CT molecular complexity index is 603. The van der Waals surface area contributed by atoms with E-state index in [2.05, 4.69) is 50.6 Å². The Kier molecular flexibility index (Phi) is 3.34. The van der Waals surface area contributed by atoms with E-state index in [1.165, 1.54) is 22.0 Å². The van der Waals surface area contributed by atoms with Gasteiger partial charge in [-0.15, -0.1) is 16.4 Å². The van der Waals surface area contributed by atoms with Gasteiger partial charge in [-0.3, -0.25) is 0 Å². The number of aromatic nitrogens is 2. The number of para-hydroxylation sites is 1. The summed E-state index contributed by atoms with van der Waals surface area (Å²) < 4.78 is 3.86. The monoisotopic (exact) mass is 273 g/mol. The van der Waals surface area contributed by atoms with E-state index in [0.717, 1.165) is 11.4 Å². The van der Waals surface area contributed by atoms with Crippen molar-refractivity contribution in [3.8, 4) is 10.4 Å². The molecule has 3 nitrogen and oxygen atoms in total. The van der Waals surface area contributed by atoms with Crippen molar-refractivity contribution in [2.45, 2.75) is 6.54 Å². The third-order valence-corrected chi connectivity index (χ3v) is 4.04. The lowest BCUT2D eigenvalue weighted by Gasteiger charge is -2.09. The zero-order valence-corrected chi connectivity index (χ0v) is 11.2. The Morgan fingerprint density at radius 2 is 2.06 bits per heavy atom. The van der Waals surface area contributed by atoms with Gasteiger partial charge in [0.25, 0.3) is 0 Å². The maximum atomic E-state index is 4.03. The number of hydrogen-bond acceptors (Lipinski definition) is 5. The van der Waals surface area contributed by atoms with E-state index in [9.17, 15) is 0 Å². The molecule has 0 aliphatic heterocycles. The van der Waals surface area contributed by atoms with E-state index >= 15 is 0 Å². The average Bonchev–Trinajstić information content (AvgIpc) is 3.10. The lowest BCUT2D eigenvalue weighted by molar-refractivity contribution is 0.999. The second kappa shape index (κ2) is 5.29. The number of nitrogens with one attached hydrogen (secondary N) is 1. The quantitative estimate of drug-likeness (QED) is 0.784. The zero-order chi connectivity index (χ0) is 12.2. The normalized spacial score (nSPS) is 10.4. The molecule has 3 rings (SSSR count). The molecule has 0 spiro atoms. The molecule has 0 aliphatic rings. The van der Waals surface area contributed by atoms with E-state index in [4.69, 9.17) is 0 Å². The fourth-order valence-corrected chi connectivity index (χ4v) is 2.95.